The second-order valence-corrected chi connectivity index (χ2v) is 7.46. The molecular formula is C25H27N5O. The van der Waals surface area contributed by atoms with Gasteiger partial charge in [-0.15, -0.1) is 0 Å². The zero-order chi connectivity index (χ0) is 22.2. The van der Waals surface area contributed by atoms with Crippen molar-refractivity contribution in [1.82, 2.24) is 14.9 Å². The molecule has 0 radical (unpaired) electrons. The largest absolute Gasteiger partial charge is 0.382 e. The first kappa shape index (κ1) is 21.8. The minimum atomic E-state index is -0.0408. The van der Waals surface area contributed by atoms with Crippen LogP contribution < -0.4 is 10.6 Å². The smallest absolute Gasteiger partial charge is 0.228 e. The summed E-state index contributed by atoms with van der Waals surface area (Å²) in [6.07, 6.45) is 7.47. The van der Waals surface area contributed by atoms with Crippen LogP contribution in [0.5, 0.6) is 0 Å². The van der Waals surface area contributed by atoms with Crippen molar-refractivity contribution >= 4 is 17.5 Å². The van der Waals surface area contributed by atoms with Gasteiger partial charge in [0.05, 0.1) is 12.1 Å². The topological polar surface area (TPSA) is 70.2 Å². The van der Waals surface area contributed by atoms with Crippen molar-refractivity contribution in [2.45, 2.75) is 13.3 Å². The fraction of sp³-hybridized carbons (Fsp3) is 0.160. The number of amides is 1. The van der Waals surface area contributed by atoms with Gasteiger partial charge in [0.25, 0.3) is 0 Å². The van der Waals surface area contributed by atoms with Crippen molar-refractivity contribution in [3.8, 4) is 11.1 Å². The van der Waals surface area contributed by atoms with Crippen LogP contribution >= 0.6 is 0 Å². The molecule has 0 atom stereocenters. The molecule has 0 saturated heterocycles. The van der Waals surface area contributed by atoms with E-state index in [9.17, 15) is 4.79 Å². The standard InChI is InChI=1S/C25H27N5O/c1-5-22(17-30(3)4)29-25-26-15-21(16-27-25)20-11-9-19(10-12-20)14-24(31)28-23-8-6-7-18(2)13-23/h5-13,15-17H,1,14H2,2-4H3,(H,28,31)(H,26,27,29)/b22-17+. The minimum Gasteiger partial charge on any atom is -0.382 e. The lowest BCUT2D eigenvalue weighted by Crippen LogP contribution is -2.14. The van der Waals surface area contributed by atoms with Crippen LogP contribution in [0.2, 0.25) is 0 Å². The molecule has 6 heteroatoms. The molecule has 0 unspecified atom stereocenters. The van der Waals surface area contributed by atoms with Gasteiger partial charge in [0.1, 0.15) is 0 Å². The Morgan fingerprint density at radius 1 is 1.03 bits per heavy atom. The zero-order valence-corrected chi connectivity index (χ0v) is 18.1. The predicted molar refractivity (Wildman–Crippen MR) is 127 cm³/mol. The first-order valence-corrected chi connectivity index (χ1v) is 9.98. The number of rotatable bonds is 8. The number of hydrogen-bond donors (Lipinski definition) is 2. The average Bonchev–Trinajstić information content (AvgIpc) is 2.74. The van der Waals surface area contributed by atoms with Crippen LogP contribution in [0.1, 0.15) is 11.1 Å². The SMILES string of the molecule is C=C/C(=C\N(C)C)Nc1ncc(-c2ccc(CC(=O)Nc3cccc(C)c3)cc2)cn1. The van der Waals surface area contributed by atoms with Crippen molar-refractivity contribution in [2.24, 2.45) is 0 Å². The summed E-state index contributed by atoms with van der Waals surface area (Å²) in [6, 6.07) is 15.6. The van der Waals surface area contributed by atoms with Gasteiger partial charge in [-0.3, -0.25) is 4.79 Å². The lowest BCUT2D eigenvalue weighted by atomic mass is 10.0. The molecule has 0 bridgehead atoms. The number of benzene rings is 2. The van der Waals surface area contributed by atoms with Crippen molar-refractivity contribution in [3.05, 3.63) is 96.6 Å². The molecule has 0 aliphatic carbocycles. The van der Waals surface area contributed by atoms with Crippen molar-refractivity contribution in [2.75, 3.05) is 24.7 Å². The first-order valence-electron chi connectivity index (χ1n) is 9.98. The normalized spacial score (nSPS) is 11.0. The van der Waals surface area contributed by atoms with E-state index in [0.717, 1.165) is 33.6 Å². The Bertz CT molecular complexity index is 1070. The summed E-state index contributed by atoms with van der Waals surface area (Å²) in [4.78, 5) is 23.0. The van der Waals surface area contributed by atoms with E-state index in [4.69, 9.17) is 0 Å². The Balaban J connectivity index is 1.62. The summed E-state index contributed by atoms with van der Waals surface area (Å²) in [6.45, 7) is 5.79. The van der Waals surface area contributed by atoms with Crippen LogP contribution in [0.3, 0.4) is 0 Å². The molecule has 0 saturated carbocycles. The molecular weight excluding hydrogens is 386 g/mol. The number of nitrogens with one attached hydrogen (secondary N) is 2. The molecule has 3 aromatic rings. The molecule has 0 aliphatic rings. The highest BCUT2D eigenvalue weighted by Gasteiger charge is 2.06. The second-order valence-electron chi connectivity index (χ2n) is 7.46. The Labute approximate surface area is 183 Å². The van der Waals surface area contributed by atoms with Gasteiger partial charge >= 0.3 is 0 Å². The Morgan fingerprint density at radius 3 is 2.35 bits per heavy atom. The number of nitrogens with zero attached hydrogens (tertiary/aromatic N) is 3. The number of aryl methyl sites for hydroxylation is 1. The highest BCUT2D eigenvalue weighted by atomic mass is 16.1. The van der Waals surface area contributed by atoms with Crippen LogP contribution in [-0.2, 0) is 11.2 Å². The van der Waals surface area contributed by atoms with Gasteiger partial charge in [-0.25, -0.2) is 9.97 Å². The molecule has 0 spiro atoms. The molecule has 3 rings (SSSR count). The summed E-state index contributed by atoms with van der Waals surface area (Å²) in [5, 5.41) is 6.06. The number of carbonyl (C=O) groups excluding carboxylic acids is 1. The molecule has 158 valence electrons. The van der Waals surface area contributed by atoms with Crippen molar-refractivity contribution < 1.29 is 4.79 Å². The number of aromatic nitrogens is 2. The van der Waals surface area contributed by atoms with Crippen LogP contribution in [0.15, 0.2) is 85.5 Å². The monoisotopic (exact) mass is 413 g/mol. The Morgan fingerprint density at radius 2 is 1.74 bits per heavy atom. The predicted octanol–water partition coefficient (Wildman–Crippen LogP) is 4.63. The number of carbonyl (C=O) groups is 1. The summed E-state index contributed by atoms with van der Waals surface area (Å²) >= 11 is 0. The zero-order valence-electron chi connectivity index (χ0n) is 18.1. The maximum absolute atomic E-state index is 12.3. The molecule has 6 nitrogen and oxygen atoms in total. The van der Waals surface area contributed by atoms with Crippen LogP contribution in [0, 0.1) is 6.92 Å². The van der Waals surface area contributed by atoms with Gasteiger partial charge in [-0.2, -0.15) is 0 Å². The van der Waals surface area contributed by atoms with E-state index >= 15 is 0 Å². The van der Waals surface area contributed by atoms with E-state index in [0.29, 0.717) is 12.4 Å². The van der Waals surface area contributed by atoms with Gasteiger partial charge in [0, 0.05) is 43.9 Å². The molecule has 0 aliphatic heterocycles. The molecule has 1 heterocycles. The van der Waals surface area contributed by atoms with E-state index in [2.05, 4.69) is 27.2 Å². The molecule has 1 amide bonds. The van der Waals surface area contributed by atoms with Gasteiger partial charge in [-0.1, -0.05) is 43.0 Å². The van der Waals surface area contributed by atoms with Crippen LogP contribution in [-0.4, -0.2) is 34.9 Å². The van der Waals surface area contributed by atoms with E-state index in [1.54, 1.807) is 18.5 Å². The number of allylic oxidation sites excluding steroid dienone is 1. The summed E-state index contributed by atoms with van der Waals surface area (Å²) < 4.78 is 0. The molecule has 2 N–H and O–H groups in total. The van der Waals surface area contributed by atoms with E-state index in [1.807, 2.05) is 80.6 Å². The highest BCUT2D eigenvalue weighted by Crippen LogP contribution is 2.20. The number of hydrogen-bond acceptors (Lipinski definition) is 5. The maximum atomic E-state index is 12.3. The lowest BCUT2D eigenvalue weighted by Gasteiger charge is -2.10. The first-order chi connectivity index (χ1) is 14.9. The molecule has 0 fully saturated rings. The second kappa shape index (κ2) is 10.2. The fourth-order valence-electron chi connectivity index (χ4n) is 3.01. The minimum absolute atomic E-state index is 0.0408. The number of anilines is 2. The highest BCUT2D eigenvalue weighted by molar-refractivity contribution is 5.92. The third-order valence-corrected chi connectivity index (χ3v) is 4.48. The van der Waals surface area contributed by atoms with Gasteiger partial charge < -0.3 is 15.5 Å². The van der Waals surface area contributed by atoms with E-state index < -0.39 is 0 Å². The van der Waals surface area contributed by atoms with Crippen molar-refractivity contribution in [3.63, 3.8) is 0 Å². The van der Waals surface area contributed by atoms with Gasteiger partial charge in [0.2, 0.25) is 11.9 Å². The molecule has 1 aromatic heterocycles. The van der Waals surface area contributed by atoms with E-state index in [-0.39, 0.29) is 5.91 Å². The third kappa shape index (κ3) is 6.54. The molecule has 2 aromatic carbocycles. The van der Waals surface area contributed by atoms with Gasteiger partial charge in [-0.05, 0) is 41.8 Å². The van der Waals surface area contributed by atoms with Crippen LogP contribution in [0.25, 0.3) is 11.1 Å². The average molecular weight is 414 g/mol. The Hall–Kier alpha value is -3.93. The van der Waals surface area contributed by atoms with E-state index in [1.165, 1.54) is 0 Å². The maximum Gasteiger partial charge on any atom is 0.228 e. The van der Waals surface area contributed by atoms with Crippen molar-refractivity contribution in [1.29, 1.82) is 0 Å². The van der Waals surface area contributed by atoms with Crippen LogP contribution in [0.4, 0.5) is 11.6 Å². The third-order valence-electron chi connectivity index (χ3n) is 4.48. The lowest BCUT2D eigenvalue weighted by molar-refractivity contribution is -0.115. The summed E-state index contributed by atoms with van der Waals surface area (Å²) in [7, 11) is 3.87. The quantitative estimate of drug-likeness (QED) is 0.527. The van der Waals surface area contributed by atoms with Gasteiger partial charge in [0.15, 0.2) is 0 Å². The fourth-order valence-corrected chi connectivity index (χ4v) is 3.01. The summed E-state index contributed by atoms with van der Waals surface area (Å²) in [5.41, 5.74) is 5.57. The Kier molecular flexibility index (Phi) is 7.17. The summed E-state index contributed by atoms with van der Waals surface area (Å²) in [5.74, 6) is 0.460. The molecule has 31 heavy (non-hydrogen) atoms.